The molecule has 0 aliphatic carbocycles. The SMILES string of the molecule is COC(=O)c1ccc(NCc2ccoc2)c(F)c1F. The number of halogens is 2. The number of esters is 1. The summed E-state index contributed by atoms with van der Waals surface area (Å²) in [4.78, 5) is 11.2. The van der Waals surface area contributed by atoms with Crippen molar-refractivity contribution in [3.05, 3.63) is 53.5 Å². The molecule has 0 saturated carbocycles. The van der Waals surface area contributed by atoms with E-state index in [1.165, 1.54) is 24.7 Å². The van der Waals surface area contributed by atoms with Gasteiger partial charge >= 0.3 is 5.97 Å². The van der Waals surface area contributed by atoms with Crippen LogP contribution in [0.25, 0.3) is 0 Å². The number of methoxy groups -OCH3 is 1. The normalized spacial score (nSPS) is 10.3. The summed E-state index contributed by atoms with van der Waals surface area (Å²) in [6, 6.07) is 4.15. The van der Waals surface area contributed by atoms with Crippen LogP contribution in [0.2, 0.25) is 0 Å². The number of hydrogen-bond acceptors (Lipinski definition) is 4. The van der Waals surface area contributed by atoms with Crippen molar-refractivity contribution < 1.29 is 22.7 Å². The Kier molecular flexibility index (Phi) is 3.79. The van der Waals surface area contributed by atoms with Crippen LogP contribution in [0.1, 0.15) is 15.9 Å². The van der Waals surface area contributed by atoms with E-state index in [1.807, 2.05) is 0 Å². The predicted octanol–water partition coefficient (Wildman–Crippen LogP) is 2.96. The molecule has 1 aromatic carbocycles. The monoisotopic (exact) mass is 267 g/mol. The Morgan fingerprint density at radius 3 is 2.74 bits per heavy atom. The van der Waals surface area contributed by atoms with Gasteiger partial charge in [0.15, 0.2) is 11.6 Å². The fraction of sp³-hybridized carbons (Fsp3) is 0.154. The minimum absolute atomic E-state index is 0.0358. The second-order valence-electron chi connectivity index (χ2n) is 3.77. The summed E-state index contributed by atoms with van der Waals surface area (Å²) < 4.78 is 36.6. The van der Waals surface area contributed by atoms with E-state index in [2.05, 4.69) is 10.1 Å². The van der Waals surface area contributed by atoms with Gasteiger partial charge < -0.3 is 14.5 Å². The van der Waals surface area contributed by atoms with Gasteiger partial charge in [0.1, 0.15) is 0 Å². The van der Waals surface area contributed by atoms with Crippen molar-refractivity contribution in [3.8, 4) is 0 Å². The Bertz CT molecular complexity index is 582. The zero-order valence-corrected chi connectivity index (χ0v) is 10.1. The Hall–Kier alpha value is -2.37. The summed E-state index contributed by atoms with van der Waals surface area (Å²) in [5.74, 6) is -3.27. The highest BCUT2D eigenvalue weighted by Crippen LogP contribution is 2.21. The van der Waals surface area contributed by atoms with Crippen molar-refractivity contribution in [2.45, 2.75) is 6.54 Å². The van der Waals surface area contributed by atoms with Crippen LogP contribution < -0.4 is 5.32 Å². The maximum absolute atomic E-state index is 13.7. The maximum atomic E-state index is 13.7. The lowest BCUT2D eigenvalue weighted by molar-refractivity contribution is 0.0594. The summed E-state index contributed by atoms with van der Waals surface area (Å²) in [6.07, 6.45) is 2.97. The Labute approximate surface area is 108 Å². The summed E-state index contributed by atoms with van der Waals surface area (Å²) >= 11 is 0. The summed E-state index contributed by atoms with van der Waals surface area (Å²) in [6.45, 7) is 0.282. The van der Waals surface area contributed by atoms with Crippen molar-refractivity contribution in [1.29, 1.82) is 0 Å². The van der Waals surface area contributed by atoms with E-state index < -0.39 is 23.2 Å². The molecule has 0 radical (unpaired) electrons. The molecule has 0 unspecified atom stereocenters. The highest BCUT2D eigenvalue weighted by Gasteiger charge is 2.18. The second-order valence-corrected chi connectivity index (χ2v) is 3.77. The quantitative estimate of drug-likeness (QED) is 0.865. The first-order valence-corrected chi connectivity index (χ1v) is 5.44. The fourth-order valence-corrected chi connectivity index (χ4v) is 1.54. The standard InChI is InChI=1S/C13H11F2NO3/c1-18-13(17)9-2-3-10(12(15)11(9)14)16-6-8-4-5-19-7-8/h2-5,7,16H,6H2,1H3. The number of benzene rings is 1. The molecule has 100 valence electrons. The number of nitrogens with one attached hydrogen (secondary N) is 1. The van der Waals surface area contributed by atoms with E-state index in [-0.39, 0.29) is 12.2 Å². The lowest BCUT2D eigenvalue weighted by Gasteiger charge is -2.09. The van der Waals surface area contributed by atoms with Crippen LogP contribution in [0.3, 0.4) is 0 Å². The van der Waals surface area contributed by atoms with E-state index >= 15 is 0 Å². The van der Waals surface area contributed by atoms with Gasteiger partial charge in [-0.1, -0.05) is 0 Å². The molecule has 0 aliphatic heterocycles. The molecule has 0 amide bonds. The van der Waals surface area contributed by atoms with Gasteiger partial charge in [-0.25, -0.2) is 13.6 Å². The highest BCUT2D eigenvalue weighted by atomic mass is 19.2. The van der Waals surface area contributed by atoms with E-state index in [0.29, 0.717) is 0 Å². The Morgan fingerprint density at radius 1 is 1.32 bits per heavy atom. The number of rotatable bonds is 4. The maximum Gasteiger partial charge on any atom is 0.340 e. The van der Waals surface area contributed by atoms with Crippen molar-refractivity contribution >= 4 is 11.7 Å². The van der Waals surface area contributed by atoms with Crippen LogP contribution >= 0.6 is 0 Å². The molecule has 0 fully saturated rings. The van der Waals surface area contributed by atoms with Crippen molar-refractivity contribution in [3.63, 3.8) is 0 Å². The minimum atomic E-state index is -1.23. The smallest absolute Gasteiger partial charge is 0.340 e. The predicted molar refractivity (Wildman–Crippen MR) is 63.7 cm³/mol. The number of carbonyl (C=O) groups excluding carboxylic acids is 1. The molecule has 0 aliphatic rings. The number of furan rings is 1. The molecule has 0 saturated heterocycles. The van der Waals surface area contributed by atoms with Gasteiger partial charge in [-0.15, -0.1) is 0 Å². The average Bonchev–Trinajstić information content (AvgIpc) is 2.93. The van der Waals surface area contributed by atoms with E-state index in [0.717, 1.165) is 12.7 Å². The first kappa shape index (κ1) is 13.1. The first-order valence-electron chi connectivity index (χ1n) is 5.44. The number of hydrogen-bond donors (Lipinski definition) is 1. The van der Waals surface area contributed by atoms with Gasteiger partial charge in [0, 0.05) is 12.1 Å². The number of carbonyl (C=O) groups is 1. The molecule has 0 atom stereocenters. The summed E-state index contributed by atoms with van der Waals surface area (Å²) in [5, 5.41) is 2.71. The molecule has 1 aromatic heterocycles. The first-order chi connectivity index (χ1) is 9.13. The fourth-order valence-electron chi connectivity index (χ4n) is 1.54. The zero-order chi connectivity index (χ0) is 13.8. The van der Waals surface area contributed by atoms with Gasteiger partial charge in [-0.05, 0) is 18.2 Å². The number of ether oxygens (including phenoxy) is 1. The molecule has 2 rings (SSSR count). The molecule has 1 N–H and O–H groups in total. The van der Waals surface area contributed by atoms with Crippen molar-refractivity contribution in [1.82, 2.24) is 0 Å². The molecule has 0 bridgehead atoms. The zero-order valence-electron chi connectivity index (χ0n) is 10.1. The Balaban J connectivity index is 2.19. The molecular weight excluding hydrogens is 256 g/mol. The van der Waals surface area contributed by atoms with E-state index in [4.69, 9.17) is 4.42 Å². The van der Waals surface area contributed by atoms with E-state index in [9.17, 15) is 13.6 Å². The molecule has 19 heavy (non-hydrogen) atoms. The van der Waals surface area contributed by atoms with Crippen LogP contribution in [0.4, 0.5) is 14.5 Å². The average molecular weight is 267 g/mol. The third-order valence-electron chi connectivity index (χ3n) is 2.55. The van der Waals surface area contributed by atoms with Gasteiger partial charge in [-0.2, -0.15) is 0 Å². The molecule has 1 heterocycles. The molecule has 2 aromatic rings. The molecule has 4 nitrogen and oxygen atoms in total. The van der Waals surface area contributed by atoms with Gasteiger partial charge in [0.25, 0.3) is 0 Å². The third-order valence-corrected chi connectivity index (χ3v) is 2.55. The summed E-state index contributed by atoms with van der Waals surface area (Å²) in [5.41, 5.74) is 0.317. The second kappa shape index (κ2) is 5.51. The van der Waals surface area contributed by atoms with Crippen LogP contribution in [-0.4, -0.2) is 13.1 Å². The Morgan fingerprint density at radius 2 is 2.11 bits per heavy atom. The van der Waals surface area contributed by atoms with Gasteiger partial charge in [0.05, 0.1) is 30.9 Å². The molecule has 0 spiro atoms. The summed E-state index contributed by atoms with van der Waals surface area (Å²) in [7, 11) is 1.10. The van der Waals surface area contributed by atoms with Crippen LogP contribution in [-0.2, 0) is 11.3 Å². The molecule has 6 heteroatoms. The topological polar surface area (TPSA) is 51.5 Å². The lowest BCUT2D eigenvalue weighted by Crippen LogP contribution is -2.09. The van der Waals surface area contributed by atoms with Crippen LogP contribution in [0, 0.1) is 11.6 Å². The van der Waals surface area contributed by atoms with Crippen molar-refractivity contribution in [2.75, 3.05) is 12.4 Å². The molecular formula is C13H11F2NO3. The van der Waals surface area contributed by atoms with Gasteiger partial charge in [0.2, 0.25) is 0 Å². The largest absolute Gasteiger partial charge is 0.472 e. The lowest BCUT2D eigenvalue weighted by atomic mass is 10.1. The third kappa shape index (κ3) is 2.73. The van der Waals surface area contributed by atoms with Gasteiger partial charge in [-0.3, -0.25) is 0 Å². The highest BCUT2D eigenvalue weighted by molar-refractivity contribution is 5.90. The van der Waals surface area contributed by atoms with Crippen LogP contribution in [0.5, 0.6) is 0 Å². The van der Waals surface area contributed by atoms with Crippen molar-refractivity contribution in [2.24, 2.45) is 0 Å². The van der Waals surface area contributed by atoms with E-state index in [1.54, 1.807) is 6.07 Å². The number of anilines is 1. The van der Waals surface area contributed by atoms with Crippen LogP contribution in [0.15, 0.2) is 35.1 Å². The minimum Gasteiger partial charge on any atom is -0.472 e.